The average Bonchev–Trinajstić information content (AvgIpc) is 2.98. The molecule has 3 aromatic rings. The van der Waals surface area contributed by atoms with Crippen LogP contribution in [0.15, 0.2) is 73.2 Å². The van der Waals surface area contributed by atoms with Gasteiger partial charge in [-0.1, -0.05) is 60.7 Å². The molecule has 0 saturated carbocycles. The van der Waals surface area contributed by atoms with Crippen LogP contribution in [0.25, 0.3) is 0 Å². The summed E-state index contributed by atoms with van der Waals surface area (Å²) < 4.78 is 1.90. The Morgan fingerprint density at radius 3 is 1.95 bits per heavy atom. The summed E-state index contributed by atoms with van der Waals surface area (Å²) in [5, 5.41) is 0. The summed E-state index contributed by atoms with van der Waals surface area (Å²) in [7, 11) is 0. The zero-order valence-corrected chi connectivity index (χ0v) is 10.9. The van der Waals surface area contributed by atoms with Crippen LogP contribution in [0, 0.1) is 0 Å². The molecule has 0 saturated heterocycles. The van der Waals surface area contributed by atoms with E-state index >= 15 is 0 Å². The fraction of sp³-hybridized carbons (Fsp3) is 0.0588. The van der Waals surface area contributed by atoms with E-state index in [-0.39, 0.29) is 6.04 Å². The number of aldehydes is 1. The maximum Gasteiger partial charge on any atom is 0.168 e. The fourth-order valence-corrected chi connectivity index (χ4v) is 2.41. The second-order valence-electron chi connectivity index (χ2n) is 4.57. The van der Waals surface area contributed by atoms with Crippen LogP contribution < -0.4 is 0 Å². The Morgan fingerprint density at radius 1 is 0.900 bits per heavy atom. The van der Waals surface area contributed by atoms with Crippen LogP contribution in [0.5, 0.6) is 0 Å². The minimum atomic E-state index is -0.0416. The third kappa shape index (κ3) is 2.26. The van der Waals surface area contributed by atoms with Crippen LogP contribution in [-0.4, -0.2) is 15.8 Å². The van der Waals surface area contributed by atoms with E-state index in [1.807, 2.05) is 41.0 Å². The molecule has 0 amide bonds. The van der Waals surface area contributed by atoms with Crippen molar-refractivity contribution in [1.29, 1.82) is 0 Å². The van der Waals surface area contributed by atoms with Gasteiger partial charge in [0.25, 0.3) is 0 Å². The number of aromatic nitrogens is 2. The van der Waals surface area contributed by atoms with Crippen LogP contribution in [0.1, 0.15) is 27.7 Å². The normalized spacial score (nSPS) is 10.7. The van der Waals surface area contributed by atoms with Crippen molar-refractivity contribution in [2.75, 3.05) is 0 Å². The van der Waals surface area contributed by atoms with E-state index in [1.54, 1.807) is 12.5 Å². The monoisotopic (exact) mass is 262 g/mol. The lowest BCUT2D eigenvalue weighted by atomic mass is 9.98. The predicted octanol–water partition coefficient (Wildman–Crippen LogP) is 3.33. The lowest BCUT2D eigenvalue weighted by Gasteiger charge is -2.20. The highest BCUT2D eigenvalue weighted by atomic mass is 16.1. The molecule has 0 atom stereocenters. The number of carbonyl (C=O) groups excluding carboxylic acids is 1. The Balaban J connectivity index is 2.17. The molecular weight excluding hydrogens is 248 g/mol. The number of rotatable bonds is 4. The first-order chi connectivity index (χ1) is 9.90. The Labute approximate surface area is 117 Å². The smallest absolute Gasteiger partial charge is 0.168 e. The summed E-state index contributed by atoms with van der Waals surface area (Å²) in [4.78, 5) is 15.3. The third-order valence-electron chi connectivity index (χ3n) is 3.33. The van der Waals surface area contributed by atoms with E-state index < -0.39 is 0 Å². The maximum absolute atomic E-state index is 11.2. The SMILES string of the molecule is O=Cc1cncn1C(c1ccccc1)c1ccccc1. The standard InChI is InChI=1S/C17H14N2O/c20-12-16-11-18-13-19(16)17(14-7-3-1-4-8-14)15-9-5-2-6-10-15/h1-13,17H. The molecule has 0 aliphatic carbocycles. The molecule has 0 radical (unpaired) electrons. The van der Waals surface area contributed by atoms with Gasteiger partial charge in [0.15, 0.2) is 6.29 Å². The van der Waals surface area contributed by atoms with Gasteiger partial charge in [0.2, 0.25) is 0 Å². The quantitative estimate of drug-likeness (QED) is 0.676. The molecule has 0 aliphatic rings. The maximum atomic E-state index is 11.2. The number of nitrogens with zero attached hydrogens (tertiary/aromatic N) is 2. The predicted molar refractivity (Wildman–Crippen MR) is 77.7 cm³/mol. The van der Waals surface area contributed by atoms with Crippen molar-refractivity contribution < 1.29 is 4.79 Å². The van der Waals surface area contributed by atoms with Crippen LogP contribution in [0.2, 0.25) is 0 Å². The highest BCUT2D eigenvalue weighted by molar-refractivity contribution is 5.72. The lowest BCUT2D eigenvalue weighted by molar-refractivity contribution is 0.111. The number of hydrogen-bond donors (Lipinski definition) is 0. The molecule has 2 aromatic carbocycles. The van der Waals surface area contributed by atoms with Crippen LogP contribution in [0.4, 0.5) is 0 Å². The van der Waals surface area contributed by atoms with E-state index in [0.29, 0.717) is 5.69 Å². The summed E-state index contributed by atoms with van der Waals surface area (Å²) in [5.74, 6) is 0. The van der Waals surface area contributed by atoms with Crippen LogP contribution in [-0.2, 0) is 0 Å². The molecule has 0 unspecified atom stereocenters. The Morgan fingerprint density at radius 2 is 1.45 bits per heavy atom. The summed E-state index contributed by atoms with van der Waals surface area (Å²) in [5.41, 5.74) is 2.82. The van der Waals surface area contributed by atoms with E-state index in [2.05, 4.69) is 29.2 Å². The van der Waals surface area contributed by atoms with Gasteiger partial charge < -0.3 is 4.57 Å². The summed E-state index contributed by atoms with van der Waals surface area (Å²) in [6.45, 7) is 0. The van der Waals surface area contributed by atoms with Gasteiger partial charge in [0.05, 0.1) is 18.6 Å². The molecule has 0 bridgehead atoms. The molecule has 0 fully saturated rings. The van der Waals surface area contributed by atoms with Crippen molar-refractivity contribution in [3.05, 3.63) is 90.0 Å². The highest BCUT2D eigenvalue weighted by Gasteiger charge is 2.18. The van der Waals surface area contributed by atoms with Gasteiger partial charge in [-0.15, -0.1) is 0 Å². The molecule has 98 valence electrons. The van der Waals surface area contributed by atoms with Gasteiger partial charge in [0, 0.05) is 0 Å². The van der Waals surface area contributed by atoms with Crippen molar-refractivity contribution in [2.45, 2.75) is 6.04 Å². The zero-order valence-electron chi connectivity index (χ0n) is 10.9. The van der Waals surface area contributed by atoms with Gasteiger partial charge in [-0.3, -0.25) is 4.79 Å². The third-order valence-corrected chi connectivity index (χ3v) is 3.33. The molecular formula is C17H14N2O. The molecule has 1 aromatic heterocycles. The highest BCUT2D eigenvalue weighted by Crippen LogP contribution is 2.27. The molecule has 3 heteroatoms. The molecule has 3 nitrogen and oxygen atoms in total. The molecule has 20 heavy (non-hydrogen) atoms. The number of hydrogen-bond acceptors (Lipinski definition) is 2. The van der Waals surface area contributed by atoms with Crippen molar-refractivity contribution in [3.63, 3.8) is 0 Å². The largest absolute Gasteiger partial charge is 0.317 e. The Hall–Kier alpha value is -2.68. The fourth-order valence-electron chi connectivity index (χ4n) is 2.41. The van der Waals surface area contributed by atoms with E-state index in [9.17, 15) is 4.79 Å². The van der Waals surface area contributed by atoms with Crippen molar-refractivity contribution in [3.8, 4) is 0 Å². The van der Waals surface area contributed by atoms with Gasteiger partial charge >= 0.3 is 0 Å². The van der Waals surface area contributed by atoms with Crippen LogP contribution in [0.3, 0.4) is 0 Å². The van der Waals surface area contributed by atoms with Crippen molar-refractivity contribution in [1.82, 2.24) is 9.55 Å². The van der Waals surface area contributed by atoms with Gasteiger partial charge in [-0.05, 0) is 11.1 Å². The van der Waals surface area contributed by atoms with Gasteiger partial charge in [-0.2, -0.15) is 0 Å². The minimum absolute atomic E-state index is 0.0416. The first kappa shape index (κ1) is 12.4. The van der Waals surface area contributed by atoms with Gasteiger partial charge in [-0.25, -0.2) is 4.98 Å². The molecule has 0 spiro atoms. The van der Waals surface area contributed by atoms with E-state index in [1.165, 1.54) is 0 Å². The minimum Gasteiger partial charge on any atom is -0.317 e. The summed E-state index contributed by atoms with van der Waals surface area (Å²) in [6.07, 6.45) is 4.13. The molecule has 0 aliphatic heterocycles. The van der Waals surface area contributed by atoms with E-state index in [4.69, 9.17) is 0 Å². The number of benzene rings is 2. The number of imidazole rings is 1. The molecule has 1 heterocycles. The first-order valence-electron chi connectivity index (χ1n) is 6.47. The van der Waals surface area contributed by atoms with Crippen molar-refractivity contribution in [2.24, 2.45) is 0 Å². The Kier molecular flexibility index (Phi) is 3.42. The first-order valence-corrected chi connectivity index (χ1v) is 6.47. The van der Waals surface area contributed by atoms with Gasteiger partial charge in [0.1, 0.15) is 5.69 Å². The number of carbonyl (C=O) groups is 1. The zero-order chi connectivity index (χ0) is 13.8. The average molecular weight is 262 g/mol. The van der Waals surface area contributed by atoms with Crippen molar-refractivity contribution >= 4 is 6.29 Å². The topological polar surface area (TPSA) is 34.9 Å². The van der Waals surface area contributed by atoms with E-state index in [0.717, 1.165) is 17.4 Å². The lowest BCUT2D eigenvalue weighted by Crippen LogP contribution is -2.13. The molecule has 0 N–H and O–H groups in total. The van der Waals surface area contributed by atoms with Crippen LogP contribution >= 0.6 is 0 Å². The second kappa shape index (κ2) is 5.53. The summed E-state index contributed by atoms with van der Waals surface area (Å²) >= 11 is 0. The summed E-state index contributed by atoms with van der Waals surface area (Å²) in [6, 6.07) is 20.2. The molecule has 3 rings (SSSR count). The Bertz CT molecular complexity index is 650. The second-order valence-corrected chi connectivity index (χ2v) is 4.57.